The Balaban J connectivity index is 1.59. The van der Waals surface area contributed by atoms with Crippen molar-refractivity contribution in [3.63, 3.8) is 0 Å². The Bertz CT molecular complexity index is 532. The van der Waals surface area contributed by atoms with Crippen LogP contribution in [0.1, 0.15) is 36.5 Å². The van der Waals surface area contributed by atoms with E-state index in [2.05, 4.69) is 17.1 Å². The van der Waals surface area contributed by atoms with Gasteiger partial charge in [0, 0.05) is 18.0 Å². The lowest BCUT2D eigenvalue weighted by Gasteiger charge is -1.98. The van der Waals surface area contributed by atoms with Gasteiger partial charge < -0.3 is 10.3 Å². The van der Waals surface area contributed by atoms with Crippen LogP contribution in [0.3, 0.4) is 0 Å². The molecule has 94 valence electrons. The molecule has 2 atom stereocenters. The minimum absolute atomic E-state index is 0.527. The van der Waals surface area contributed by atoms with Crippen molar-refractivity contribution in [2.24, 2.45) is 5.92 Å². The first-order chi connectivity index (χ1) is 8.72. The molecule has 3 rings (SSSR count). The number of aryl methyl sites for hydroxylation is 2. The summed E-state index contributed by atoms with van der Waals surface area (Å²) in [4.78, 5) is 4.45. The zero-order valence-corrected chi connectivity index (χ0v) is 10.5. The number of hydrogen-bond donors (Lipinski definition) is 1. The Morgan fingerprint density at radius 2 is 2.00 bits per heavy atom. The Kier molecular flexibility index (Phi) is 2.78. The van der Waals surface area contributed by atoms with E-state index in [9.17, 15) is 0 Å². The molecule has 4 nitrogen and oxygen atoms in total. The fourth-order valence-corrected chi connectivity index (χ4v) is 2.14. The summed E-state index contributed by atoms with van der Waals surface area (Å²) in [7, 11) is 0. The van der Waals surface area contributed by atoms with E-state index in [1.165, 1.54) is 12.0 Å². The summed E-state index contributed by atoms with van der Waals surface area (Å²) in [6, 6.07) is 7.91. The van der Waals surface area contributed by atoms with Crippen LogP contribution in [0, 0.1) is 5.92 Å². The molecule has 1 aliphatic rings. The number of aromatic nitrogens is 2. The number of nitrogens with two attached hydrogens (primary N) is 1. The first-order valence-corrected chi connectivity index (χ1v) is 6.39. The Labute approximate surface area is 106 Å². The number of nitrogen functional groups attached to an aromatic ring is 1. The molecular formula is C14H17N3O. The molecule has 18 heavy (non-hydrogen) atoms. The largest absolute Gasteiger partial charge is 0.399 e. The molecule has 1 aromatic heterocycles. The van der Waals surface area contributed by atoms with Crippen LogP contribution in [0.5, 0.6) is 0 Å². The second-order valence-corrected chi connectivity index (χ2v) is 5.11. The third-order valence-electron chi connectivity index (χ3n) is 3.53. The molecule has 0 spiro atoms. The summed E-state index contributed by atoms with van der Waals surface area (Å²) >= 11 is 0. The van der Waals surface area contributed by atoms with Gasteiger partial charge in [0.1, 0.15) is 0 Å². The van der Waals surface area contributed by atoms with Crippen LogP contribution in [-0.4, -0.2) is 10.1 Å². The summed E-state index contributed by atoms with van der Waals surface area (Å²) in [5.41, 5.74) is 7.68. The average molecular weight is 243 g/mol. The van der Waals surface area contributed by atoms with Crippen LogP contribution in [0.15, 0.2) is 28.8 Å². The Morgan fingerprint density at radius 3 is 2.67 bits per heavy atom. The fourth-order valence-electron chi connectivity index (χ4n) is 2.14. The van der Waals surface area contributed by atoms with Gasteiger partial charge in [-0.05, 0) is 36.5 Å². The van der Waals surface area contributed by atoms with E-state index >= 15 is 0 Å². The fraction of sp³-hybridized carbons (Fsp3) is 0.429. The van der Waals surface area contributed by atoms with E-state index < -0.39 is 0 Å². The van der Waals surface area contributed by atoms with E-state index in [0.29, 0.717) is 11.8 Å². The molecule has 2 aromatic rings. The monoisotopic (exact) mass is 243 g/mol. The summed E-state index contributed by atoms with van der Waals surface area (Å²) < 4.78 is 5.27. The van der Waals surface area contributed by atoms with Crippen LogP contribution in [0.25, 0.3) is 0 Å². The van der Waals surface area contributed by atoms with Gasteiger partial charge in [0.15, 0.2) is 5.82 Å². The van der Waals surface area contributed by atoms with Crippen molar-refractivity contribution in [2.45, 2.75) is 32.1 Å². The third kappa shape index (κ3) is 2.37. The molecule has 0 amide bonds. The zero-order chi connectivity index (χ0) is 12.5. The Hall–Kier alpha value is -1.84. The maximum atomic E-state index is 5.65. The second kappa shape index (κ2) is 4.44. The third-order valence-corrected chi connectivity index (χ3v) is 3.53. The van der Waals surface area contributed by atoms with E-state index in [0.717, 1.165) is 30.2 Å². The molecule has 1 aliphatic carbocycles. The van der Waals surface area contributed by atoms with Gasteiger partial charge in [-0.1, -0.05) is 24.2 Å². The van der Waals surface area contributed by atoms with Crippen molar-refractivity contribution in [3.8, 4) is 0 Å². The van der Waals surface area contributed by atoms with E-state index in [1.807, 2.05) is 24.3 Å². The normalized spacial score (nSPS) is 22.1. The van der Waals surface area contributed by atoms with Gasteiger partial charge in [0.2, 0.25) is 5.89 Å². The van der Waals surface area contributed by atoms with Crippen LogP contribution >= 0.6 is 0 Å². The standard InChI is InChI=1S/C14H17N3O/c1-9-8-12(9)14-16-13(18-17-14)7-4-10-2-5-11(15)6-3-10/h2-3,5-6,9,12H,4,7-8,15H2,1H3. The molecular weight excluding hydrogens is 226 g/mol. The van der Waals surface area contributed by atoms with Crippen molar-refractivity contribution < 1.29 is 4.52 Å². The van der Waals surface area contributed by atoms with E-state index in [1.54, 1.807) is 0 Å². The zero-order valence-electron chi connectivity index (χ0n) is 10.5. The molecule has 1 aromatic carbocycles. The molecule has 0 saturated heterocycles. The van der Waals surface area contributed by atoms with Gasteiger partial charge in [0.05, 0.1) is 0 Å². The first-order valence-electron chi connectivity index (χ1n) is 6.39. The maximum absolute atomic E-state index is 5.65. The van der Waals surface area contributed by atoms with E-state index in [-0.39, 0.29) is 0 Å². The Morgan fingerprint density at radius 1 is 1.28 bits per heavy atom. The molecule has 4 heteroatoms. The average Bonchev–Trinajstić information content (AvgIpc) is 2.92. The topological polar surface area (TPSA) is 64.9 Å². The maximum Gasteiger partial charge on any atom is 0.226 e. The lowest BCUT2D eigenvalue weighted by Crippen LogP contribution is -1.93. The van der Waals surface area contributed by atoms with Crippen molar-refractivity contribution in [2.75, 3.05) is 5.73 Å². The minimum atomic E-state index is 0.527. The quantitative estimate of drug-likeness (QED) is 0.838. The minimum Gasteiger partial charge on any atom is -0.399 e. The first kappa shape index (κ1) is 11.3. The highest BCUT2D eigenvalue weighted by Crippen LogP contribution is 2.45. The van der Waals surface area contributed by atoms with Gasteiger partial charge in [-0.3, -0.25) is 0 Å². The van der Waals surface area contributed by atoms with E-state index in [4.69, 9.17) is 10.3 Å². The van der Waals surface area contributed by atoms with Crippen molar-refractivity contribution in [1.29, 1.82) is 0 Å². The number of rotatable bonds is 4. The molecule has 0 radical (unpaired) electrons. The van der Waals surface area contributed by atoms with Crippen molar-refractivity contribution >= 4 is 5.69 Å². The number of anilines is 1. The van der Waals surface area contributed by atoms with Gasteiger partial charge >= 0.3 is 0 Å². The summed E-state index contributed by atoms with van der Waals surface area (Å²) in [5, 5.41) is 4.05. The molecule has 2 unspecified atom stereocenters. The van der Waals surface area contributed by atoms with Gasteiger partial charge in [-0.15, -0.1) is 0 Å². The van der Waals surface area contributed by atoms with Gasteiger partial charge in [-0.2, -0.15) is 4.98 Å². The molecule has 1 fully saturated rings. The lowest BCUT2D eigenvalue weighted by atomic mass is 10.1. The lowest BCUT2D eigenvalue weighted by molar-refractivity contribution is 0.372. The number of benzene rings is 1. The molecule has 1 heterocycles. The summed E-state index contributed by atoms with van der Waals surface area (Å²) in [6.07, 6.45) is 2.89. The molecule has 2 N–H and O–H groups in total. The van der Waals surface area contributed by atoms with Gasteiger partial charge in [-0.25, -0.2) is 0 Å². The number of hydrogen-bond acceptors (Lipinski definition) is 4. The van der Waals surface area contributed by atoms with Crippen molar-refractivity contribution in [1.82, 2.24) is 10.1 Å². The highest BCUT2D eigenvalue weighted by atomic mass is 16.5. The predicted octanol–water partition coefficient (Wildman–Crippen LogP) is 2.56. The van der Waals surface area contributed by atoms with Crippen LogP contribution in [0.2, 0.25) is 0 Å². The SMILES string of the molecule is CC1CC1c1noc(CCc2ccc(N)cc2)n1. The highest BCUT2D eigenvalue weighted by molar-refractivity contribution is 5.39. The predicted molar refractivity (Wildman–Crippen MR) is 69.1 cm³/mol. The van der Waals surface area contributed by atoms with Crippen LogP contribution < -0.4 is 5.73 Å². The molecule has 0 aliphatic heterocycles. The molecule has 1 saturated carbocycles. The van der Waals surface area contributed by atoms with Crippen molar-refractivity contribution in [3.05, 3.63) is 41.5 Å². The smallest absolute Gasteiger partial charge is 0.226 e. The summed E-state index contributed by atoms with van der Waals surface area (Å²) in [5.74, 6) is 2.86. The highest BCUT2D eigenvalue weighted by Gasteiger charge is 2.37. The number of nitrogens with zero attached hydrogens (tertiary/aromatic N) is 2. The second-order valence-electron chi connectivity index (χ2n) is 5.11. The van der Waals surface area contributed by atoms with Crippen LogP contribution in [0.4, 0.5) is 5.69 Å². The molecule has 0 bridgehead atoms. The van der Waals surface area contributed by atoms with Gasteiger partial charge in [0.25, 0.3) is 0 Å². The van der Waals surface area contributed by atoms with Crippen LogP contribution in [-0.2, 0) is 12.8 Å². The summed E-state index contributed by atoms with van der Waals surface area (Å²) in [6.45, 7) is 2.22.